The number of rotatable bonds is 5. The molecule has 2 heterocycles. The van der Waals surface area contributed by atoms with Gasteiger partial charge in [0.2, 0.25) is 0 Å². The summed E-state index contributed by atoms with van der Waals surface area (Å²) in [6.45, 7) is 4.30. The molecule has 0 saturated heterocycles. The predicted molar refractivity (Wildman–Crippen MR) is 104 cm³/mol. The Balaban J connectivity index is 1.62. The van der Waals surface area contributed by atoms with E-state index in [1.165, 1.54) is 9.36 Å². The molecule has 0 aliphatic carbocycles. The summed E-state index contributed by atoms with van der Waals surface area (Å²) in [5.41, 5.74) is 4.31. The second-order valence-electron chi connectivity index (χ2n) is 6.58. The normalized spacial score (nSPS) is 11.0. The van der Waals surface area contributed by atoms with E-state index in [1.54, 1.807) is 19.6 Å². The summed E-state index contributed by atoms with van der Waals surface area (Å²) < 4.78 is 10.5. The van der Waals surface area contributed by atoms with Crippen molar-refractivity contribution in [2.45, 2.75) is 20.5 Å². The van der Waals surface area contributed by atoms with Crippen LogP contribution in [0.1, 0.15) is 16.7 Å². The Kier molecular flexibility index (Phi) is 4.52. The molecule has 0 aliphatic rings. The first-order valence-electron chi connectivity index (χ1n) is 8.84. The Morgan fingerprint density at radius 1 is 1.07 bits per heavy atom. The van der Waals surface area contributed by atoms with Crippen LogP contribution in [0.15, 0.2) is 59.9 Å². The maximum atomic E-state index is 12.3. The van der Waals surface area contributed by atoms with Crippen molar-refractivity contribution in [3.63, 3.8) is 0 Å². The van der Waals surface area contributed by atoms with Gasteiger partial charge in [-0.2, -0.15) is 9.36 Å². The minimum Gasteiger partial charge on any atom is -0.489 e. The number of hydrogen-bond acceptors (Lipinski definition) is 5. The van der Waals surface area contributed by atoms with Crippen molar-refractivity contribution in [2.24, 2.45) is 7.05 Å². The highest BCUT2D eigenvalue weighted by Crippen LogP contribution is 2.24. The molecule has 0 amide bonds. The second kappa shape index (κ2) is 7.15. The fourth-order valence-electron chi connectivity index (χ4n) is 3.06. The molecule has 4 rings (SSSR count). The van der Waals surface area contributed by atoms with E-state index in [9.17, 15) is 4.79 Å². The third-order valence-corrected chi connectivity index (χ3v) is 4.67. The van der Waals surface area contributed by atoms with Crippen LogP contribution in [0.5, 0.6) is 5.75 Å². The Morgan fingerprint density at radius 3 is 2.61 bits per heavy atom. The molecule has 8 heteroatoms. The van der Waals surface area contributed by atoms with Crippen molar-refractivity contribution < 1.29 is 4.74 Å². The first-order valence-corrected chi connectivity index (χ1v) is 8.84. The van der Waals surface area contributed by atoms with Crippen LogP contribution < -0.4 is 10.4 Å². The fraction of sp³-hybridized carbons (Fsp3) is 0.200. The molecular formula is C20H20N6O2. The van der Waals surface area contributed by atoms with Gasteiger partial charge in [0.15, 0.2) is 0 Å². The zero-order valence-corrected chi connectivity index (χ0v) is 15.9. The molecule has 4 aromatic rings. The van der Waals surface area contributed by atoms with Gasteiger partial charge in [0, 0.05) is 30.7 Å². The Morgan fingerprint density at radius 2 is 1.93 bits per heavy atom. The summed E-state index contributed by atoms with van der Waals surface area (Å²) in [6.07, 6.45) is 5.40. The third-order valence-electron chi connectivity index (χ3n) is 4.67. The van der Waals surface area contributed by atoms with Crippen molar-refractivity contribution in [1.82, 2.24) is 29.3 Å². The molecule has 0 aliphatic heterocycles. The first kappa shape index (κ1) is 17.7. The molecule has 0 fully saturated rings. The number of hydrogen-bond donors (Lipinski definition) is 0. The summed E-state index contributed by atoms with van der Waals surface area (Å²) in [6, 6.07) is 11.7. The lowest BCUT2D eigenvalue weighted by Crippen LogP contribution is -2.23. The van der Waals surface area contributed by atoms with Gasteiger partial charge in [-0.1, -0.05) is 12.1 Å². The topological polar surface area (TPSA) is 79.8 Å². The molecule has 0 unspecified atom stereocenters. The van der Waals surface area contributed by atoms with Gasteiger partial charge in [0.25, 0.3) is 0 Å². The van der Waals surface area contributed by atoms with E-state index in [1.807, 2.05) is 61.0 Å². The van der Waals surface area contributed by atoms with E-state index in [-0.39, 0.29) is 5.69 Å². The summed E-state index contributed by atoms with van der Waals surface area (Å²) in [5, 5.41) is 7.75. The standard InChI is InChI=1S/C20H20N6O2/c1-14-5-4-6-18(26-20(27)24(3)22-23-26)17(14)12-28-19-8-7-16(11-15(19)2)25-10-9-21-13-25/h4-11,13H,12H2,1-3H3. The van der Waals surface area contributed by atoms with Gasteiger partial charge in [0.05, 0.1) is 12.0 Å². The molecule has 0 spiro atoms. The molecular weight excluding hydrogens is 356 g/mol. The molecule has 8 nitrogen and oxygen atoms in total. The molecule has 2 aromatic carbocycles. The average molecular weight is 376 g/mol. The predicted octanol–water partition coefficient (Wildman–Crippen LogP) is 2.35. The van der Waals surface area contributed by atoms with E-state index < -0.39 is 0 Å². The Bertz CT molecular complexity index is 1170. The van der Waals surface area contributed by atoms with Crippen LogP contribution in [0.25, 0.3) is 11.4 Å². The number of aryl methyl sites for hydroxylation is 3. The molecule has 0 bridgehead atoms. The highest BCUT2D eigenvalue weighted by atomic mass is 16.5. The summed E-state index contributed by atoms with van der Waals surface area (Å²) in [4.78, 5) is 16.3. The van der Waals surface area contributed by atoms with Gasteiger partial charge in [-0.25, -0.2) is 9.78 Å². The zero-order chi connectivity index (χ0) is 19.7. The molecule has 0 radical (unpaired) electrons. The van der Waals surface area contributed by atoms with Gasteiger partial charge < -0.3 is 9.30 Å². The van der Waals surface area contributed by atoms with E-state index in [4.69, 9.17) is 4.74 Å². The van der Waals surface area contributed by atoms with Crippen LogP contribution >= 0.6 is 0 Å². The minimum absolute atomic E-state index is 0.298. The number of ether oxygens (including phenoxy) is 1. The van der Waals surface area contributed by atoms with E-state index >= 15 is 0 Å². The van der Waals surface area contributed by atoms with Crippen LogP contribution in [0.2, 0.25) is 0 Å². The van der Waals surface area contributed by atoms with Gasteiger partial charge in [-0.05, 0) is 59.7 Å². The number of nitrogens with zero attached hydrogens (tertiary/aromatic N) is 6. The van der Waals surface area contributed by atoms with Gasteiger partial charge in [-0.3, -0.25) is 0 Å². The van der Waals surface area contributed by atoms with Gasteiger partial charge >= 0.3 is 5.69 Å². The van der Waals surface area contributed by atoms with Gasteiger partial charge in [-0.15, -0.1) is 0 Å². The number of tetrazole rings is 1. The van der Waals surface area contributed by atoms with Crippen molar-refractivity contribution in [3.8, 4) is 17.1 Å². The highest BCUT2D eigenvalue weighted by molar-refractivity contribution is 5.46. The van der Waals surface area contributed by atoms with E-state index in [0.717, 1.165) is 28.1 Å². The van der Waals surface area contributed by atoms with Crippen molar-refractivity contribution in [3.05, 3.63) is 82.3 Å². The maximum Gasteiger partial charge on any atom is 0.368 e. The SMILES string of the molecule is Cc1cc(-n2ccnc2)ccc1OCc1c(C)cccc1-n1nnn(C)c1=O. The molecule has 142 valence electrons. The lowest BCUT2D eigenvalue weighted by molar-refractivity contribution is 0.302. The lowest BCUT2D eigenvalue weighted by Gasteiger charge is -2.15. The van der Waals surface area contributed by atoms with Crippen LogP contribution in [0.3, 0.4) is 0 Å². The number of imidazole rings is 1. The molecule has 2 aromatic heterocycles. The largest absolute Gasteiger partial charge is 0.489 e. The van der Waals surface area contributed by atoms with Crippen LogP contribution in [0.4, 0.5) is 0 Å². The second-order valence-corrected chi connectivity index (χ2v) is 6.58. The van der Waals surface area contributed by atoms with Crippen LogP contribution in [-0.4, -0.2) is 29.3 Å². The highest BCUT2D eigenvalue weighted by Gasteiger charge is 2.14. The van der Waals surface area contributed by atoms with Crippen LogP contribution in [0, 0.1) is 13.8 Å². The monoisotopic (exact) mass is 376 g/mol. The summed E-state index contributed by atoms with van der Waals surface area (Å²) in [5.74, 6) is 0.782. The molecule has 0 N–H and O–H groups in total. The average Bonchev–Trinajstić information content (AvgIpc) is 3.33. The summed E-state index contributed by atoms with van der Waals surface area (Å²) >= 11 is 0. The first-order chi connectivity index (χ1) is 13.5. The zero-order valence-electron chi connectivity index (χ0n) is 15.9. The van der Waals surface area contributed by atoms with Crippen molar-refractivity contribution in [1.29, 1.82) is 0 Å². The summed E-state index contributed by atoms with van der Waals surface area (Å²) in [7, 11) is 1.57. The Labute approximate surface area is 161 Å². The Hall–Kier alpha value is -3.68. The molecule has 0 atom stereocenters. The third kappa shape index (κ3) is 3.20. The van der Waals surface area contributed by atoms with E-state index in [2.05, 4.69) is 15.4 Å². The number of benzene rings is 2. The molecule has 0 saturated carbocycles. The maximum absolute atomic E-state index is 12.3. The number of aromatic nitrogens is 6. The van der Waals surface area contributed by atoms with E-state index in [0.29, 0.717) is 12.3 Å². The quantitative estimate of drug-likeness (QED) is 0.534. The molecule has 28 heavy (non-hydrogen) atoms. The minimum atomic E-state index is -0.298. The smallest absolute Gasteiger partial charge is 0.368 e. The fourth-order valence-corrected chi connectivity index (χ4v) is 3.06. The van der Waals surface area contributed by atoms with Crippen molar-refractivity contribution >= 4 is 0 Å². The van der Waals surface area contributed by atoms with Gasteiger partial charge in [0.1, 0.15) is 12.4 Å². The van der Waals surface area contributed by atoms with Crippen LogP contribution in [-0.2, 0) is 13.7 Å². The lowest BCUT2D eigenvalue weighted by atomic mass is 10.1. The van der Waals surface area contributed by atoms with Crippen molar-refractivity contribution in [2.75, 3.05) is 0 Å².